The zero-order valence-corrected chi connectivity index (χ0v) is 14.4. The molecule has 1 aliphatic heterocycles. The Hall–Kier alpha value is -3.28. The molecule has 1 atom stereocenters. The Morgan fingerprint density at radius 2 is 1.88 bits per heavy atom. The van der Waals surface area contributed by atoms with Gasteiger partial charge in [-0.1, -0.05) is 24.3 Å². The van der Waals surface area contributed by atoms with Gasteiger partial charge in [-0.2, -0.15) is 5.10 Å². The molecule has 26 heavy (non-hydrogen) atoms. The summed E-state index contributed by atoms with van der Waals surface area (Å²) in [4.78, 5) is 12.5. The molecule has 0 aliphatic carbocycles. The quantitative estimate of drug-likeness (QED) is 0.786. The Labute approximate surface area is 151 Å². The van der Waals surface area contributed by atoms with Crippen molar-refractivity contribution in [2.24, 2.45) is 0 Å². The Morgan fingerprint density at radius 1 is 1.12 bits per heavy atom. The van der Waals surface area contributed by atoms with Crippen LogP contribution in [0.2, 0.25) is 0 Å². The fraction of sp³-hybridized carbons (Fsp3) is 0.200. The van der Waals surface area contributed by atoms with Gasteiger partial charge in [0.2, 0.25) is 0 Å². The summed E-state index contributed by atoms with van der Waals surface area (Å²) in [6, 6.07) is 15.2. The van der Waals surface area contributed by atoms with E-state index < -0.39 is 0 Å². The molecule has 0 unspecified atom stereocenters. The van der Waals surface area contributed by atoms with Gasteiger partial charge in [0.25, 0.3) is 5.91 Å². The Balaban J connectivity index is 1.47. The van der Waals surface area contributed by atoms with Gasteiger partial charge >= 0.3 is 0 Å². The third-order valence-electron chi connectivity index (χ3n) is 4.28. The summed E-state index contributed by atoms with van der Waals surface area (Å²) in [6.45, 7) is 3.03. The minimum atomic E-state index is -0.172. The van der Waals surface area contributed by atoms with Gasteiger partial charge in [-0.15, -0.1) is 0 Å². The van der Waals surface area contributed by atoms with E-state index in [1.165, 1.54) is 0 Å². The van der Waals surface area contributed by atoms with Crippen LogP contribution in [0.3, 0.4) is 0 Å². The Morgan fingerprint density at radius 3 is 2.69 bits per heavy atom. The number of benzene rings is 2. The van der Waals surface area contributed by atoms with Crippen molar-refractivity contribution in [2.75, 3.05) is 13.2 Å². The molecule has 4 rings (SSSR count). The summed E-state index contributed by atoms with van der Waals surface area (Å²) in [6.07, 6.45) is 3.29. The van der Waals surface area contributed by atoms with Gasteiger partial charge in [-0.3, -0.25) is 4.79 Å². The summed E-state index contributed by atoms with van der Waals surface area (Å²) in [7, 11) is 0. The van der Waals surface area contributed by atoms with Crippen LogP contribution in [0.15, 0.2) is 60.9 Å². The summed E-state index contributed by atoms with van der Waals surface area (Å²) in [5.74, 6) is 1.28. The lowest BCUT2D eigenvalue weighted by atomic mass is 10.1. The maximum Gasteiger partial charge on any atom is 0.254 e. The van der Waals surface area contributed by atoms with E-state index in [-0.39, 0.29) is 11.9 Å². The number of fused-ring (bicyclic) bond motifs is 1. The van der Waals surface area contributed by atoms with Gasteiger partial charge in [0, 0.05) is 6.20 Å². The number of para-hydroxylation sites is 1. The van der Waals surface area contributed by atoms with Gasteiger partial charge in [0.05, 0.1) is 23.5 Å². The largest absolute Gasteiger partial charge is 0.486 e. The van der Waals surface area contributed by atoms with Gasteiger partial charge in [-0.25, -0.2) is 4.68 Å². The number of aromatic nitrogens is 2. The van der Waals surface area contributed by atoms with E-state index in [9.17, 15) is 4.79 Å². The van der Waals surface area contributed by atoms with Crippen LogP contribution >= 0.6 is 0 Å². The normalized spacial score (nSPS) is 13.9. The highest BCUT2D eigenvalue weighted by molar-refractivity contribution is 5.94. The Bertz CT molecular complexity index is 921. The number of rotatable bonds is 4. The number of nitrogens with one attached hydrogen (secondary N) is 1. The van der Waals surface area contributed by atoms with Crippen LogP contribution in [0.25, 0.3) is 5.69 Å². The van der Waals surface area contributed by atoms with Crippen LogP contribution in [0.5, 0.6) is 11.5 Å². The van der Waals surface area contributed by atoms with Crippen molar-refractivity contribution < 1.29 is 14.3 Å². The van der Waals surface area contributed by atoms with E-state index in [4.69, 9.17) is 9.47 Å². The molecule has 0 saturated carbocycles. The average Bonchev–Trinajstić information content (AvgIpc) is 3.18. The first-order chi connectivity index (χ1) is 12.7. The number of amides is 1. The van der Waals surface area contributed by atoms with Gasteiger partial charge < -0.3 is 14.8 Å². The third kappa shape index (κ3) is 3.26. The summed E-state index contributed by atoms with van der Waals surface area (Å²) in [5, 5.41) is 7.26. The predicted octanol–water partition coefficient (Wildman–Crippen LogP) is 3.13. The first kappa shape index (κ1) is 16.2. The molecule has 0 saturated heterocycles. The van der Waals surface area contributed by atoms with E-state index in [0.717, 1.165) is 17.0 Å². The summed E-state index contributed by atoms with van der Waals surface area (Å²) < 4.78 is 12.8. The first-order valence-electron chi connectivity index (χ1n) is 8.51. The lowest BCUT2D eigenvalue weighted by Gasteiger charge is -2.21. The van der Waals surface area contributed by atoms with E-state index in [1.54, 1.807) is 17.1 Å². The standard InChI is InChI=1S/C20H19N3O3/c1-14(15-7-8-18-19(11-15)26-10-9-25-18)22-20(24)16-12-21-23(13-16)17-5-3-2-4-6-17/h2-8,11-14H,9-10H2,1H3,(H,22,24)/t14-/m0/s1. The van der Waals surface area contributed by atoms with Crippen LogP contribution in [0, 0.1) is 0 Å². The van der Waals surface area contributed by atoms with E-state index >= 15 is 0 Å². The van der Waals surface area contributed by atoms with Crippen LogP contribution in [0.4, 0.5) is 0 Å². The second-order valence-corrected chi connectivity index (χ2v) is 6.11. The fourth-order valence-corrected chi connectivity index (χ4v) is 2.85. The lowest BCUT2D eigenvalue weighted by molar-refractivity contribution is 0.0939. The minimum absolute atomic E-state index is 0.168. The van der Waals surface area contributed by atoms with Crippen LogP contribution in [-0.2, 0) is 0 Å². The smallest absolute Gasteiger partial charge is 0.254 e. The molecule has 1 aromatic heterocycles. The van der Waals surface area contributed by atoms with Crippen molar-refractivity contribution in [2.45, 2.75) is 13.0 Å². The monoisotopic (exact) mass is 349 g/mol. The molecule has 0 spiro atoms. The zero-order chi connectivity index (χ0) is 17.9. The number of ether oxygens (including phenoxy) is 2. The fourth-order valence-electron chi connectivity index (χ4n) is 2.85. The molecular formula is C20H19N3O3. The van der Waals surface area contributed by atoms with Crippen molar-refractivity contribution in [3.05, 3.63) is 72.1 Å². The van der Waals surface area contributed by atoms with Gasteiger partial charge in [0.15, 0.2) is 11.5 Å². The molecule has 2 aromatic carbocycles. The number of hydrogen-bond acceptors (Lipinski definition) is 4. The third-order valence-corrected chi connectivity index (χ3v) is 4.28. The highest BCUT2D eigenvalue weighted by Crippen LogP contribution is 2.32. The van der Waals surface area contributed by atoms with Crippen molar-refractivity contribution in [1.29, 1.82) is 0 Å². The highest BCUT2D eigenvalue weighted by atomic mass is 16.6. The topological polar surface area (TPSA) is 65.4 Å². The lowest BCUT2D eigenvalue weighted by Crippen LogP contribution is -2.26. The van der Waals surface area contributed by atoms with Crippen molar-refractivity contribution >= 4 is 5.91 Å². The number of carbonyl (C=O) groups excluding carboxylic acids is 1. The molecule has 3 aromatic rings. The molecule has 2 heterocycles. The molecule has 0 fully saturated rings. The summed E-state index contributed by atoms with van der Waals surface area (Å²) >= 11 is 0. The van der Waals surface area contributed by atoms with Crippen molar-refractivity contribution in [1.82, 2.24) is 15.1 Å². The van der Waals surface area contributed by atoms with E-state index in [0.29, 0.717) is 24.5 Å². The first-order valence-corrected chi connectivity index (χ1v) is 8.51. The van der Waals surface area contributed by atoms with Crippen molar-refractivity contribution in [3.63, 3.8) is 0 Å². The maximum atomic E-state index is 12.5. The van der Waals surface area contributed by atoms with Crippen LogP contribution < -0.4 is 14.8 Å². The minimum Gasteiger partial charge on any atom is -0.486 e. The predicted molar refractivity (Wildman–Crippen MR) is 96.9 cm³/mol. The zero-order valence-electron chi connectivity index (χ0n) is 14.4. The second kappa shape index (κ2) is 6.92. The molecule has 6 heteroatoms. The molecule has 1 N–H and O–H groups in total. The molecule has 6 nitrogen and oxygen atoms in total. The second-order valence-electron chi connectivity index (χ2n) is 6.11. The summed E-state index contributed by atoms with van der Waals surface area (Å²) in [5.41, 5.74) is 2.38. The number of hydrogen-bond donors (Lipinski definition) is 1. The highest BCUT2D eigenvalue weighted by Gasteiger charge is 2.17. The molecule has 0 radical (unpaired) electrons. The van der Waals surface area contributed by atoms with Crippen LogP contribution in [0.1, 0.15) is 28.9 Å². The Kier molecular flexibility index (Phi) is 4.31. The molecule has 1 amide bonds. The molecule has 0 bridgehead atoms. The average molecular weight is 349 g/mol. The van der Waals surface area contributed by atoms with Gasteiger partial charge in [0.1, 0.15) is 13.2 Å². The van der Waals surface area contributed by atoms with Gasteiger partial charge in [-0.05, 0) is 36.8 Å². The maximum absolute atomic E-state index is 12.5. The van der Waals surface area contributed by atoms with E-state index in [1.807, 2.05) is 55.5 Å². The van der Waals surface area contributed by atoms with Crippen molar-refractivity contribution in [3.8, 4) is 17.2 Å². The molecule has 132 valence electrons. The SMILES string of the molecule is C[C@H](NC(=O)c1cnn(-c2ccccc2)c1)c1ccc2c(c1)OCCO2. The number of carbonyl (C=O) groups is 1. The van der Waals surface area contributed by atoms with E-state index in [2.05, 4.69) is 10.4 Å². The molecule has 1 aliphatic rings. The van der Waals surface area contributed by atoms with Crippen LogP contribution in [-0.4, -0.2) is 28.9 Å². The number of nitrogens with zero attached hydrogens (tertiary/aromatic N) is 2. The molecular weight excluding hydrogens is 330 g/mol.